The first-order chi connectivity index (χ1) is 18.3. The summed E-state index contributed by atoms with van der Waals surface area (Å²) in [6, 6.07) is 2.82. The van der Waals surface area contributed by atoms with Crippen LogP contribution in [0.1, 0.15) is 56.0 Å². The van der Waals surface area contributed by atoms with E-state index >= 15 is 0 Å². The van der Waals surface area contributed by atoms with Gasteiger partial charge in [0.05, 0.1) is 26.7 Å². The number of carboxylic acid groups (broad SMARTS) is 3. The molecule has 0 atom stereocenters. The van der Waals surface area contributed by atoms with Crippen molar-refractivity contribution in [3.8, 4) is 28.2 Å². The first kappa shape index (κ1) is 28.5. The molecule has 0 fully saturated rings. The molecule has 0 radical (unpaired) electrons. The van der Waals surface area contributed by atoms with E-state index in [0.29, 0.717) is 5.56 Å². The maximum Gasteiger partial charge on any atom is 0.338 e. The molecule has 0 bridgehead atoms. The van der Waals surface area contributed by atoms with E-state index in [4.69, 9.17) is 50.8 Å². The van der Waals surface area contributed by atoms with Crippen LogP contribution in [0.25, 0.3) is 33.4 Å². The number of fused-ring (bicyclic) bond motifs is 2. The van der Waals surface area contributed by atoms with Gasteiger partial charge in [-0.05, 0) is 30.5 Å². The van der Waals surface area contributed by atoms with Crippen molar-refractivity contribution < 1.29 is 39.2 Å². The Morgan fingerprint density at radius 2 is 1.28 bits per heavy atom. The van der Waals surface area contributed by atoms with Crippen LogP contribution in [0.5, 0.6) is 5.75 Å². The number of carbonyl (C=O) groups is 3. The van der Waals surface area contributed by atoms with Crippen molar-refractivity contribution in [1.82, 2.24) is 0 Å². The molecule has 2 aliphatic rings. The number of rotatable bonds is 6. The zero-order valence-electron chi connectivity index (χ0n) is 19.9. The molecule has 0 amide bonds. The normalized spacial score (nSPS) is 11.3. The fourth-order valence-electron chi connectivity index (χ4n) is 4.49. The molecule has 2 aromatic rings. The van der Waals surface area contributed by atoms with E-state index < -0.39 is 55.6 Å². The van der Waals surface area contributed by atoms with E-state index in [2.05, 4.69) is 0 Å². The molecule has 0 aromatic heterocycles. The molecule has 4 N–H and O–H groups in total. The van der Waals surface area contributed by atoms with Crippen molar-refractivity contribution in [3.63, 3.8) is 0 Å². The van der Waals surface area contributed by atoms with E-state index in [-0.39, 0.29) is 62.1 Å². The van der Waals surface area contributed by atoms with Gasteiger partial charge < -0.3 is 24.8 Å². The Hall–Kier alpha value is -3.50. The van der Waals surface area contributed by atoms with Crippen LogP contribution in [0, 0.1) is 0 Å². The summed E-state index contributed by atoms with van der Waals surface area (Å²) in [4.78, 5) is 49.6. The molecule has 202 valence electrons. The van der Waals surface area contributed by atoms with Gasteiger partial charge in [-0.25, -0.2) is 14.4 Å². The summed E-state index contributed by atoms with van der Waals surface area (Å²) >= 11 is 25.6. The van der Waals surface area contributed by atoms with Crippen LogP contribution in [0.15, 0.2) is 21.3 Å². The molecule has 0 unspecified atom stereocenters. The molecule has 9 nitrogen and oxygen atoms in total. The lowest BCUT2D eigenvalue weighted by Gasteiger charge is -2.22. The van der Waals surface area contributed by atoms with E-state index in [1.807, 2.05) is 0 Å². The Morgan fingerprint density at radius 1 is 0.744 bits per heavy atom. The Bertz CT molecular complexity index is 1790. The largest absolute Gasteiger partial charge is 0.506 e. The summed E-state index contributed by atoms with van der Waals surface area (Å²) in [5.74, 6) is -5.93. The van der Waals surface area contributed by atoms with Gasteiger partial charge in [0.15, 0.2) is 11.3 Å². The maximum atomic E-state index is 12.9. The minimum atomic E-state index is -1.82. The third-order valence-electron chi connectivity index (χ3n) is 6.30. The number of hydrogen-bond acceptors (Lipinski definition) is 6. The van der Waals surface area contributed by atoms with Gasteiger partial charge in [0.1, 0.15) is 15.8 Å². The fourth-order valence-corrected chi connectivity index (χ4v) is 5.73. The van der Waals surface area contributed by atoms with Crippen LogP contribution in [-0.2, 0) is 12.8 Å². The lowest BCUT2D eigenvalue weighted by molar-refractivity contribution is 0.0649. The van der Waals surface area contributed by atoms with E-state index in [1.165, 1.54) is 12.1 Å². The lowest BCUT2D eigenvalue weighted by Crippen LogP contribution is -2.16. The summed E-state index contributed by atoms with van der Waals surface area (Å²) in [5.41, 5.74) is -3.60. The highest BCUT2D eigenvalue weighted by atomic mass is 35.5. The third kappa shape index (κ3) is 4.26. The number of hydrogen-bond donors (Lipinski definition) is 4. The highest BCUT2D eigenvalue weighted by molar-refractivity contribution is 6.44. The monoisotopic (exact) mass is 612 g/mol. The van der Waals surface area contributed by atoms with Crippen LogP contribution in [0.2, 0.25) is 20.1 Å². The quantitative estimate of drug-likeness (QED) is 0.166. The zero-order chi connectivity index (χ0) is 29.1. The van der Waals surface area contributed by atoms with Crippen LogP contribution in [0.4, 0.5) is 0 Å². The van der Waals surface area contributed by atoms with Crippen LogP contribution in [-0.4, -0.2) is 38.3 Å². The van der Waals surface area contributed by atoms with E-state index in [0.717, 1.165) is 0 Å². The van der Waals surface area contributed by atoms with Crippen LogP contribution in [0.3, 0.4) is 0 Å². The van der Waals surface area contributed by atoms with Crippen molar-refractivity contribution in [2.45, 2.75) is 26.7 Å². The Kier molecular flexibility index (Phi) is 7.48. The molecule has 2 aromatic carbocycles. The number of halogens is 4. The molecule has 0 saturated heterocycles. The SMILES string of the molecule is CCc1cc2c(-c3c(Cl)c(C(=O)O)c(C(=O)O)c(Cl)c3C(=O)O)c3cc(CC)c(=O)c(Cl)c-3oc2c(Cl)c1O. The van der Waals surface area contributed by atoms with Crippen molar-refractivity contribution in [3.05, 3.63) is 70.3 Å². The number of aromatic carboxylic acids is 3. The van der Waals surface area contributed by atoms with Gasteiger partial charge in [-0.3, -0.25) is 4.79 Å². The van der Waals surface area contributed by atoms with Gasteiger partial charge in [-0.2, -0.15) is 0 Å². The van der Waals surface area contributed by atoms with Gasteiger partial charge in [-0.1, -0.05) is 60.3 Å². The van der Waals surface area contributed by atoms with Crippen molar-refractivity contribution in [2.24, 2.45) is 0 Å². The summed E-state index contributed by atoms with van der Waals surface area (Å²) in [6.45, 7) is 3.39. The molecular weight excluding hydrogens is 598 g/mol. The number of benzene rings is 3. The van der Waals surface area contributed by atoms with Gasteiger partial charge >= 0.3 is 17.9 Å². The van der Waals surface area contributed by atoms with E-state index in [1.54, 1.807) is 13.8 Å². The number of phenols is 1. The summed E-state index contributed by atoms with van der Waals surface area (Å²) in [5, 5.41) is 38.1. The molecule has 1 aliphatic heterocycles. The van der Waals surface area contributed by atoms with Crippen LogP contribution >= 0.6 is 46.4 Å². The molecule has 1 aliphatic carbocycles. The smallest absolute Gasteiger partial charge is 0.338 e. The number of carboxylic acids is 3. The maximum absolute atomic E-state index is 12.9. The predicted octanol–water partition coefficient (Wildman–Crippen LogP) is 7.10. The Morgan fingerprint density at radius 3 is 1.79 bits per heavy atom. The third-order valence-corrected chi connectivity index (χ3v) is 7.75. The summed E-state index contributed by atoms with van der Waals surface area (Å²) < 4.78 is 5.88. The Labute approximate surface area is 239 Å². The molecule has 1 heterocycles. The molecular formula is C26H16Cl4O9. The van der Waals surface area contributed by atoms with Gasteiger partial charge in [0.25, 0.3) is 0 Å². The lowest BCUT2D eigenvalue weighted by atomic mass is 9.86. The van der Waals surface area contributed by atoms with Gasteiger partial charge in [0.2, 0.25) is 5.43 Å². The molecule has 4 rings (SSSR count). The molecule has 0 spiro atoms. The van der Waals surface area contributed by atoms with Crippen molar-refractivity contribution in [2.75, 3.05) is 0 Å². The second-order valence-corrected chi connectivity index (χ2v) is 9.87. The highest BCUT2D eigenvalue weighted by Crippen LogP contribution is 2.51. The first-order valence-electron chi connectivity index (χ1n) is 11.2. The average Bonchev–Trinajstić information content (AvgIpc) is 2.87. The molecule has 13 heteroatoms. The first-order valence-corrected chi connectivity index (χ1v) is 12.7. The standard InChI is InChI=1S/C26H16Cl4O9/c1-3-7-5-9-11(12-13(24(33)34)17(28)15(26(37)38)14(16(12)27)25(35)36)10-6-8(4-2)21(32)19(30)23(10)39-22(9)18(29)20(7)31/h5-6,31H,3-4H2,1-2H3,(H,33,34)(H,35,36)(H,37,38). The number of aryl methyl sites for hydroxylation is 2. The minimum absolute atomic E-state index is 0.0487. The molecule has 0 saturated carbocycles. The van der Waals surface area contributed by atoms with Crippen molar-refractivity contribution >= 4 is 75.3 Å². The van der Waals surface area contributed by atoms with Crippen molar-refractivity contribution in [1.29, 1.82) is 0 Å². The predicted molar refractivity (Wildman–Crippen MR) is 146 cm³/mol. The van der Waals surface area contributed by atoms with Gasteiger partial charge in [0, 0.05) is 27.6 Å². The fraction of sp³-hybridized carbons (Fsp3) is 0.154. The number of phenolic OH excluding ortho intramolecular Hbond substituents is 1. The minimum Gasteiger partial charge on any atom is -0.506 e. The second-order valence-electron chi connectivity index (χ2n) is 8.36. The number of aromatic hydroxyl groups is 1. The van der Waals surface area contributed by atoms with Crippen LogP contribution < -0.4 is 5.43 Å². The Balaban J connectivity index is 2.47. The zero-order valence-corrected chi connectivity index (χ0v) is 22.9. The second kappa shape index (κ2) is 10.2. The summed E-state index contributed by atoms with van der Waals surface area (Å²) in [7, 11) is 0. The highest BCUT2D eigenvalue weighted by Gasteiger charge is 2.36. The topological polar surface area (TPSA) is 162 Å². The summed E-state index contributed by atoms with van der Waals surface area (Å²) in [6.07, 6.45) is 0.471. The average molecular weight is 614 g/mol. The van der Waals surface area contributed by atoms with Gasteiger partial charge in [-0.15, -0.1) is 0 Å². The molecule has 39 heavy (non-hydrogen) atoms. The van der Waals surface area contributed by atoms with E-state index in [9.17, 15) is 39.6 Å².